The zero-order valence-corrected chi connectivity index (χ0v) is 10.1. The molecule has 0 radical (unpaired) electrons. The first-order valence-corrected chi connectivity index (χ1v) is 6.09. The van der Waals surface area contributed by atoms with Crippen LogP contribution in [0.3, 0.4) is 0 Å². The van der Waals surface area contributed by atoms with Gasteiger partial charge >= 0.3 is 0 Å². The lowest BCUT2D eigenvalue weighted by molar-refractivity contribution is 0.0925. The fourth-order valence-corrected chi connectivity index (χ4v) is 2.06. The van der Waals surface area contributed by atoms with Crippen molar-refractivity contribution in [2.45, 2.75) is 32.2 Å². The summed E-state index contributed by atoms with van der Waals surface area (Å²) in [5.41, 5.74) is 3.10. The molecule has 0 spiro atoms. The Morgan fingerprint density at radius 1 is 1.27 bits per heavy atom. The van der Waals surface area contributed by atoms with Gasteiger partial charge in [-0.25, -0.2) is 5.01 Å². The molecule has 1 aliphatic carbocycles. The van der Waals surface area contributed by atoms with Gasteiger partial charge in [0.2, 0.25) is 0 Å². The van der Waals surface area contributed by atoms with Crippen LogP contribution in [0.1, 0.15) is 26.2 Å². The summed E-state index contributed by atoms with van der Waals surface area (Å²) in [5, 5.41) is 10.9. The Hall–Kier alpha value is -0.160. The number of hydrogen-bond donors (Lipinski definition) is 2. The molecule has 0 aromatic rings. The quantitative estimate of drug-likeness (QED) is 0.571. The Balaban J connectivity index is 2.19. The molecule has 0 saturated heterocycles. The van der Waals surface area contributed by atoms with E-state index in [0.29, 0.717) is 6.54 Å². The molecule has 0 aromatic heterocycles. The molecule has 0 amide bonds. The minimum Gasteiger partial charge on any atom is -0.395 e. The number of aliphatic hydroxyl groups excluding tert-OH is 1. The summed E-state index contributed by atoms with van der Waals surface area (Å²) in [6, 6.07) is 0.822. The van der Waals surface area contributed by atoms with E-state index in [0.717, 1.165) is 25.7 Å². The molecule has 1 fully saturated rings. The number of nitrogens with zero attached hydrogens (tertiary/aromatic N) is 2. The van der Waals surface area contributed by atoms with Crippen molar-refractivity contribution in [1.82, 2.24) is 15.3 Å². The summed E-state index contributed by atoms with van der Waals surface area (Å²) in [4.78, 5) is 2.55. The average Bonchev–Trinajstić information content (AvgIpc) is 2.19. The van der Waals surface area contributed by atoms with Gasteiger partial charge < -0.3 is 5.11 Å². The van der Waals surface area contributed by atoms with Gasteiger partial charge in [0.15, 0.2) is 0 Å². The van der Waals surface area contributed by atoms with Crippen LogP contribution in [0.15, 0.2) is 0 Å². The lowest BCUT2D eigenvalue weighted by atomic mass is 9.91. The van der Waals surface area contributed by atoms with E-state index in [1.807, 2.05) is 7.05 Å². The van der Waals surface area contributed by atoms with E-state index in [4.69, 9.17) is 5.11 Å². The number of nitrogens with one attached hydrogen (secondary N) is 1. The Kier molecular flexibility index (Phi) is 6.17. The van der Waals surface area contributed by atoms with Gasteiger partial charge in [-0.2, -0.15) is 0 Å². The summed E-state index contributed by atoms with van der Waals surface area (Å²) >= 11 is 0. The molecule has 0 atom stereocenters. The molecule has 1 rings (SSSR count). The van der Waals surface area contributed by atoms with Crippen LogP contribution in [-0.4, -0.2) is 60.9 Å². The predicted molar refractivity (Wildman–Crippen MR) is 62.6 cm³/mol. The highest BCUT2D eigenvalue weighted by Gasteiger charge is 2.23. The average molecular weight is 215 g/mol. The molecular formula is C11H25N3O. The Bertz CT molecular complexity index is 162. The van der Waals surface area contributed by atoms with Crippen molar-refractivity contribution in [2.24, 2.45) is 0 Å². The second-order valence-electron chi connectivity index (χ2n) is 4.15. The van der Waals surface area contributed by atoms with Gasteiger partial charge in [0.25, 0.3) is 0 Å². The number of rotatable bonds is 8. The molecule has 1 aliphatic rings. The Labute approximate surface area is 93.2 Å². The summed E-state index contributed by atoms with van der Waals surface area (Å²) in [7, 11) is 1.91. The van der Waals surface area contributed by atoms with E-state index >= 15 is 0 Å². The largest absolute Gasteiger partial charge is 0.395 e. The minimum absolute atomic E-state index is 0.219. The van der Waals surface area contributed by atoms with Gasteiger partial charge in [0, 0.05) is 25.7 Å². The molecule has 0 aromatic carbocycles. The minimum atomic E-state index is 0.219. The summed E-state index contributed by atoms with van der Waals surface area (Å²) in [5.74, 6) is 0. The van der Waals surface area contributed by atoms with Crippen molar-refractivity contribution < 1.29 is 5.11 Å². The van der Waals surface area contributed by atoms with Crippen molar-refractivity contribution in [3.05, 3.63) is 0 Å². The van der Waals surface area contributed by atoms with E-state index in [9.17, 15) is 0 Å². The topological polar surface area (TPSA) is 38.7 Å². The second kappa shape index (κ2) is 7.17. The van der Waals surface area contributed by atoms with Crippen LogP contribution in [0.5, 0.6) is 0 Å². The van der Waals surface area contributed by atoms with E-state index in [-0.39, 0.29) is 6.61 Å². The first-order valence-electron chi connectivity index (χ1n) is 6.09. The van der Waals surface area contributed by atoms with Gasteiger partial charge in [-0.1, -0.05) is 13.3 Å². The third-order valence-electron chi connectivity index (χ3n) is 3.34. The van der Waals surface area contributed by atoms with Gasteiger partial charge in [-0.3, -0.25) is 10.3 Å². The maximum atomic E-state index is 8.86. The second-order valence-corrected chi connectivity index (χ2v) is 4.15. The maximum absolute atomic E-state index is 8.86. The van der Waals surface area contributed by atoms with Gasteiger partial charge in [0.1, 0.15) is 0 Å². The zero-order valence-electron chi connectivity index (χ0n) is 10.1. The van der Waals surface area contributed by atoms with Crippen LogP contribution in [0, 0.1) is 0 Å². The molecule has 15 heavy (non-hydrogen) atoms. The van der Waals surface area contributed by atoms with Crippen LogP contribution >= 0.6 is 0 Å². The van der Waals surface area contributed by atoms with Gasteiger partial charge in [-0.15, -0.1) is 0 Å². The van der Waals surface area contributed by atoms with Crippen LogP contribution < -0.4 is 5.43 Å². The van der Waals surface area contributed by atoms with Crippen molar-refractivity contribution in [3.63, 3.8) is 0 Å². The molecule has 4 nitrogen and oxygen atoms in total. The monoisotopic (exact) mass is 215 g/mol. The highest BCUT2D eigenvalue weighted by atomic mass is 16.3. The highest BCUT2D eigenvalue weighted by molar-refractivity contribution is 4.79. The van der Waals surface area contributed by atoms with Crippen LogP contribution in [0.4, 0.5) is 0 Å². The molecule has 0 unspecified atom stereocenters. The van der Waals surface area contributed by atoms with E-state index in [1.54, 1.807) is 0 Å². The van der Waals surface area contributed by atoms with Crippen LogP contribution in [0.2, 0.25) is 0 Å². The predicted octanol–water partition coefficient (Wildman–Crippen LogP) is 0.289. The highest BCUT2D eigenvalue weighted by Crippen LogP contribution is 2.24. The molecule has 4 heteroatoms. The zero-order chi connectivity index (χ0) is 11.1. The number of likely N-dealkylation sites (N-methyl/N-ethyl adjacent to an activating group) is 1. The van der Waals surface area contributed by atoms with Crippen LogP contribution in [-0.2, 0) is 0 Å². The number of aliphatic hydroxyl groups is 1. The fourth-order valence-electron chi connectivity index (χ4n) is 2.06. The SMILES string of the molecule is CCN(CCN(CCO)NC)C1CCC1. The number of hydrazine groups is 1. The van der Waals surface area contributed by atoms with E-state index in [1.165, 1.54) is 19.3 Å². The molecule has 1 saturated carbocycles. The van der Waals surface area contributed by atoms with E-state index < -0.39 is 0 Å². The summed E-state index contributed by atoms with van der Waals surface area (Å²) in [6.07, 6.45) is 4.13. The summed E-state index contributed by atoms with van der Waals surface area (Å²) in [6.45, 7) is 6.38. The van der Waals surface area contributed by atoms with Gasteiger partial charge in [-0.05, 0) is 26.4 Å². The van der Waals surface area contributed by atoms with Crippen molar-refractivity contribution >= 4 is 0 Å². The smallest absolute Gasteiger partial charge is 0.0572 e. The summed E-state index contributed by atoms with van der Waals surface area (Å²) < 4.78 is 0. The standard InChI is InChI=1S/C11H25N3O/c1-3-13(11-5-4-6-11)7-8-14(12-2)9-10-15/h11-12,15H,3-10H2,1-2H3. The van der Waals surface area contributed by atoms with E-state index in [2.05, 4.69) is 22.3 Å². The van der Waals surface area contributed by atoms with Gasteiger partial charge in [0.05, 0.1) is 6.61 Å². The molecule has 0 bridgehead atoms. The third kappa shape index (κ3) is 4.07. The van der Waals surface area contributed by atoms with Crippen molar-refractivity contribution in [3.8, 4) is 0 Å². The lowest BCUT2D eigenvalue weighted by Gasteiger charge is -2.37. The number of hydrogen-bond acceptors (Lipinski definition) is 4. The fraction of sp³-hybridized carbons (Fsp3) is 1.00. The molecule has 0 heterocycles. The Morgan fingerprint density at radius 2 is 2.00 bits per heavy atom. The lowest BCUT2D eigenvalue weighted by Crippen LogP contribution is -2.47. The molecular weight excluding hydrogens is 190 g/mol. The molecule has 0 aliphatic heterocycles. The normalized spacial score (nSPS) is 17.4. The molecule has 90 valence electrons. The van der Waals surface area contributed by atoms with Crippen molar-refractivity contribution in [1.29, 1.82) is 0 Å². The van der Waals surface area contributed by atoms with Crippen molar-refractivity contribution in [2.75, 3.05) is 39.8 Å². The van der Waals surface area contributed by atoms with Crippen LogP contribution in [0.25, 0.3) is 0 Å². The molecule has 2 N–H and O–H groups in total. The first kappa shape index (κ1) is 12.9. The third-order valence-corrected chi connectivity index (χ3v) is 3.34. The maximum Gasteiger partial charge on any atom is 0.0572 e. The Morgan fingerprint density at radius 3 is 2.40 bits per heavy atom. The first-order chi connectivity index (χ1) is 7.31.